The molecule has 1 rings (SSSR count). The second kappa shape index (κ2) is 8.14. The van der Waals surface area contributed by atoms with Crippen molar-refractivity contribution < 1.29 is 16.9 Å². The molecule has 16 heavy (non-hydrogen) atoms. The van der Waals surface area contributed by atoms with Crippen LogP contribution in [0, 0.1) is 0 Å². The lowest BCUT2D eigenvalue weighted by atomic mass is 10.0. The molecule has 0 aliphatic carbocycles. The molecule has 1 heterocycles. The first-order valence-corrected chi connectivity index (χ1v) is 6.71. The average molecular weight is 246 g/mol. The van der Waals surface area contributed by atoms with Crippen LogP contribution in [0.3, 0.4) is 0 Å². The molecule has 0 radical (unpaired) electrons. The third-order valence-corrected chi connectivity index (χ3v) is 3.66. The van der Waals surface area contributed by atoms with Crippen molar-refractivity contribution in [3.63, 3.8) is 0 Å². The summed E-state index contributed by atoms with van der Waals surface area (Å²) >= 11 is 0. The standard InChI is InChI=1S/C14H28N.ClH/c1-4-6-10-14(5-2)13-15(3)11-8-7-9-12-15;/h10H,4-9,11-13H2,1-3H3;1H/q+1;/p-1/b14-10-;. The summed E-state index contributed by atoms with van der Waals surface area (Å²) < 4.78 is 1.30. The quantitative estimate of drug-likeness (QED) is 0.496. The summed E-state index contributed by atoms with van der Waals surface area (Å²) in [6.45, 7) is 8.65. The van der Waals surface area contributed by atoms with E-state index in [0.717, 1.165) is 0 Å². The molecular weight excluding hydrogens is 218 g/mol. The molecule has 1 saturated heterocycles. The molecule has 1 fully saturated rings. The fourth-order valence-electron chi connectivity index (χ4n) is 2.59. The number of allylic oxidation sites excluding steroid dienone is 1. The molecule has 0 atom stereocenters. The van der Waals surface area contributed by atoms with Crippen LogP contribution in [0.2, 0.25) is 0 Å². The lowest BCUT2D eigenvalue weighted by Gasteiger charge is -2.38. The van der Waals surface area contributed by atoms with Crippen LogP contribution >= 0.6 is 0 Å². The Labute approximate surface area is 108 Å². The Bertz CT molecular complexity index is 205. The van der Waals surface area contributed by atoms with Gasteiger partial charge in [-0.25, -0.2) is 0 Å². The molecule has 0 aromatic rings. The predicted octanol–water partition coefficient (Wildman–Crippen LogP) is 0.757. The molecule has 0 aromatic heterocycles. The highest BCUT2D eigenvalue weighted by Crippen LogP contribution is 2.19. The first kappa shape index (κ1) is 16.0. The van der Waals surface area contributed by atoms with Gasteiger partial charge >= 0.3 is 0 Å². The van der Waals surface area contributed by atoms with Gasteiger partial charge in [0.1, 0.15) is 6.54 Å². The van der Waals surface area contributed by atoms with E-state index in [0.29, 0.717) is 0 Å². The Balaban J connectivity index is 0.00000225. The molecule has 1 nitrogen and oxygen atoms in total. The van der Waals surface area contributed by atoms with Crippen molar-refractivity contribution in [2.45, 2.75) is 52.4 Å². The van der Waals surface area contributed by atoms with Crippen LogP contribution in [0.1, 0.15) is 52.4 Å². The highest BCUT2D eigenvalue weighted by Gasteiger charge is 2.24. The normalized spacial score (nSPS) is 20.3. The van der Waals surface area contributed by atoms with E-state index in [1.807, 2.05) is 0 Å². The number of halogens is 1. The van der Waals surface area contributed by atoms with Crippen molar-refractivity contribution >= 4 is 0 Å². The molecule has 0 spiro atoms. The highest BCUT2D eigenvalue weighted by molar-refractivity contribution is 5.01. The van der Waals surface area contributed by atoms with Gasteiger partial charge in [-0.05, 0) is 37.7 Å². The number of likely N-dealkylation sites (N-methyl/N-ethyl adjacent to an activating group) is 1. The monoisotopic (exact) mass is 245 g/mol. The number of piperidine rings is 1. The van der Waals surface area contributed by atoms with Crippen molar-refractivity contribution in [1.82, 2.24) is 0 Å². The van der Waals surface area contributed by atoms with Gasteiger partial charge in [0.15, 0.2) is 0 Å². The van der Waals surface area contributed by atoms with Crippen LogP contribution in [-0.2, 0) is 0 Å². The van der Waals surface area contributed by atoms with Crippen LogP contribution in [-0.4, -0.2) is 31.2 Å². The minimum atomic E-state index is 0. The summed E-state index contributed by atoms with van der Waals surface area (Å²) in [7, 11) is 2.44. The van der Waals surface area contributed by atoms with Gasteiger partial charge < -0.3 is 16.9 Å². The second-order valence-corrected chi connectivity index (χ2v) is 5.29. The number of rotatable bonds is 5. The van der Waals surface area contributed by atoms with Gasteiger partial charge in [0.2, 0.25) is 0 Å². The molecule has 2 heteroatoms. The molecule has 0 saturated carbocycles. The SMILES string of the molecule is CCC/C=C(/CC)C[N+]1(C)CCCCC1.[Cl-]. The maximum absolute atomic E-state index is 2.48. The van der Waals surface area contributed by atoms with Crippen molar-refractivity contribution in [1.29, 1.82) is 0 Å². The van der Waals surface area contributed by atoms with Crippen LogP contribution < -0.4 is 12.4 Å². The van der Waals surface area contributed by atoms with Crippen molar-refractivity contribution in [3.05, 3.63) is 11.6 Å². The van der Waals surface area contributed by atoms with E-state index in [1.165, 1.54) is 62.6 Å². The second-order valence-electron chi connectivity index (χ2n) is 5.29. The lowest BCUT2D eigenvalue weighted by Crippen LogP contribution is -3.00. The lowest BCUT2D eigenvalue weighted by molar-refractivity contribution is -0.909. The number of hydrogen-bond donors (Lipinski definition) is 0. The zero-order chi connectivity index (χ0) is 11.1. The maximum atomic E-state index is 2.48. The first-order valence-electron chi connectivity index (χ1n) is 6.71. The number of quaternary nitrogens is 1. The summed E-state index contributed by atoms with van der Waals surface area (Å²) in [6.07, 6.45) is 10.6. The fourth-order valence-corrected chi connectivity index (χ4v) is 2.59. The predicted molar refractivity (Wildman–Crippen MR) is 67.9 cm³/mol. The third kappa shape index (κ3) is 5.36. The van der Waals surface area contributed by atoms with E-state index in [2.05, 4.69) is 27.0 Å². The van der Waals surface area contributed by atoms with Crippen LogP contribution in [0.5, 0.6) is 0 Å². The zero-order valence-corrected chi connectivity index (χ0v) is 12.0. The Kier molecular flexibility index (Phi) is 8.13. The molecule has 0 unspecified atom stereocenters. The minimum Gasteiger partial charge on any atom is -1.00 e. The molecule has 0 N–H and O–H groups in total. The van der Waals surface area contributed by atoms with Crippen LogP contribution in [0.4, 0.5) is 0 Å². The van der Waals surface area contributed by atoms with Crippen molar-refractivity contribution in [2.75, 3.05) is 26.7 Å². The summed E-state index contributed by atoms with van der Waals surface area (Å²) in [5.41, 5.74) is 1.68. The molecule has 0 aromatic carbocycles. The molecule has 0 amide bonds. The van der Waals surface area contributed by atoms with E-state index in [9.17, 15) is 0 Å². The number of likely N-dealkylation sites (tertiary alicyclic amines) is 1. The van der Waals surface area contributed by atoms with Gasteiger partial charge in [-0.1, -0.05) is 26.3 Å². The van der Waals surface area contributed by atoms with Gasteiger partial charge in [-0.15, -0.1) is 0 Å². The number of hydrogen-bond acceptors (Lipinski definition) is 0. The van der Waals surface area contributed by atoms with Gasteiger partial charge in [0.25, 0.3) is 0 Å². The van der Waals surface area contributed by atoms with Crippen LogP contribution in [0.25, 0.3) is 0 Å². The van der Waals surface area contributed by atoms with Crippen molar-refractivity contribution in [2.24, 2.45) is 0 Å². The molecular formula is C14H28ClN. The zero-order valence-electron chi connectivity index (χ0n) is 11.3. The number of nitrogens with zero attached hydrogens (tertiary/aromatic N) is 1. The summed E-state index contributed by atoms with van der Waals surface area (Å²) in [4.78, 5) is 0. The van der Waals surface area contributed by atoms with Crippen molar-refractivity contribution in [3.8, 4) is 0 Å². The Morgan fingerprint density at radius 2 is 1.75 bits per heavy atom. The summed E-state index contributed by atoms with van der Waals surface area (Å²) in [5, 5.41) is 0. The average Bonchev–Trinajstić information content (AvgIpc) is 2.25. The van der Waals surface area contributed by atoms with E-state index >= 15 is 0 Å². The van der Waals surface area contributed by atoms with E-state index < -0.39 is 0 Å². The number of unbranched alkanes of at least 4 members (excludes halogenated alkanes) is 1. The summed E-state index contributed by atoms with van der Waals surface area (Å²) in [6, 6.07) is 0. The largest absolute Gasteiger partial charge is 1.00 e. The maximum Gasteiger partial charge on any atom is 0.100 e. The minimum absolute atomic E-state index is 0. The first-order chi connectivity index (χ1) is 7.20. The van der Waals surface area contributed by atoms with E-state index in [-0.39, 0.29) is 12.4 Å². The molecule has 1 aliphatic rings. The van der Waals surface area contributed by atoms with Gasteiger partial charge in [0, 0.05) is 0 Å². The van der Waals surface area contributed by atoms with Gasteiger partial charge in [-0.2, -0.15) is 0 Å². The Morgan fingerprint density at radius 3 is 2.25 bits per heavy atom. The Morgan fingerprint density at radius 1 is 1.12 bits per heavy atom. The van der Waals surface area contributed by atoms with Gasteiger partial charge in [-0.3, -0.25) is 0 Å². The van der Waals surface area contributed by atoms with E-state index in [1.54, 1.807) is 5.57 Å². The Hall–Kier alpha value is -0.0100. The third-order valence-electron chi connectivity index (χ3n) is 3.66. The molecule has 1 aliphatic heterocycles. The van der Waals surface area contributed by atoms with Gasteiger partial charge in [0.05, 0.1) is 20.1 Å². The topological polar surface area (TPSA) is 0 Å². The van der Waals surface area contributed by atoms with Crippen LogP contribution in [0.15, 0.2) is 11.6 Å². The molecule has 96 valence electrons. The fraction of sp³-hybridized carbons (Fsp3) is 0.857. The molecule has 0 bridgehead atoms. The van der Waals surface area contributed by atoms with E-state index in [4.69, 9.17) is 0 Å². The summed E-state index contributed by atoms with van der Waals surface area (Å²) in [5.74, 6) is 0. The smallest absolute Gasteiger partial charge is 0.100 e. The highest BCUT2D eigenvalue weighted by atomic mass is 35.5.